The molecule has 0 bridgehead atoms. The Morgan fingerprint density at radius 1 is 1.26 bits per heavy atom. The first kappa shape index (κ1) is 13.4. The van der Waals surface area contributed by atoms with Gasteiger partial charge in [0.2, 0.25) is 0 Å². The van der Waals surface area contributed by atoms with Crippen LogP contribution in [0.1, 0.15) is 15.9 Å². The van der Waals surface area contributed by atoms with Gasteiger partial charge in [0.25, 0.3) is 0 Å². The van der Waals surface area contributed by atoms with Gasteiger partial charge in [-0.2, -0.15) is 0 Å². The molecule has 2 rings (SSSR count). The van der Waals surface area contributed by atoms with Gasteiger partial charge in [0.15, 0.2) is 0 Å². The van der Waals surface area contributed by atoms with Crippen molar-refractivity contribution in [3.05, 3.63) is 53.3 Å². The number of anilines is 1. The summed E-state index contributed by atoms with van der Waals surface area (Å²) in [5.41, 5.74) is 6.42. The number of aryl methyl sites for hydroxylation is 1. The maximum absolute atomic E-state index is 13.8. The van der Waals surface area contributed by atoms with E-state index in [2.05, 4.69) is 0 Å². The van der Waals surface area contributed by atoms with E-state index in [0.717, 1.165) is 16.5 Å². The number of benzene rings is 2. The molecule has 0 radical (unpaired) electrons. The van der Waals surface area contributed by atoms with E-state index in [1.54, 1.807) is 0 Å². The molecule has 0 saturated carbocycles. The Hall–Kier alpha value is -2.01. The Morgan fingerprint density at radius 3 is 2.47 bits per heavy atom. The van der Waals surface area contributed by atoms with Crippen LogP contribution in [0.15, 0.2) is 46.2 Å². The zero-order chi connectivity index (χ0) is 14.0. The van der Waals surface area contributed by atoms with Crippen molar-refractivity contribution in [2.75, 3.05) is 5.73 Å². The number of aromatic carboxylic acids is 1. The fraction of sp³-hybridized carbons (Fsp3) is 0.0714. The van der Waals surface area contributed by atoms with Crippen LogP contribution in [0.25, 0.3) is 0 Å². The second kappa shape index (κ2) is 5.32. The summed E-state index contributed by atoms with van der Waals surface area (Å²) in [6.45, 7) is 1.96. The molecule has 2 aromatic carbocycles. The predicted octanol–water partition coefficient (Wildman–Crippen LogP) is 3.57. The first-order valence-electron chi connectivity index (χ1n) is 5.54. The minimum atomic E-state index is -1.16. The number of hydrogen-bond donors (Lipinski definition) is 2. The van der Waals surface area contributed by atoms with Crippen LogP contribution in [0.5, 0.6) is 0 Å². The fourth-order valence-electron chi connectivity index (χ4n) is 1.57. The Morgan fingerprint density at radius 2 is 1.89 bits per heavy atom. The molecule has 98 valence electrons. The monoisotopic (exact) mass is 277 g/mol. The number of rotatable bonds is 3. The number of carbonyl (C=O) groups is 1. The third kappa shape index (κ3) is 3.06. The van der Waals surface area contributed by atoms with Crippen molar-refractivity contribution in [1.29, 1.82) is 0 Å². The van der Waals surface area contributed by atoms with E-state index in [1.807, 2.05) is 31.2 Å². The molecule has 0 aromatic heterocycles. The standard InChI is InChI=1S/C14H12FNO2S/c1-8-2-4-9(5-3-8)19-13-6-10(14(17)18)12(16)7-11(13)15/h2-7H,16H2,1H3,(H,17,18). The van der Waals surface area contributed by atoms with Gasteiger partial charge in [-0.05, 0) is 31.2 Å². The summed E-state index contributed by atoms with van der Waals surface area (Å²) in [5, 5.41) is 8.97. The Balaban J connectivity index is 2.37. The molecular weight excluding hydrogens is 265 g/mol. The highest BCUT2D eigenvalue weighted by molar-refractivity contribution is 7.99. The topological polar surface area (TPSA) is 63.3 Å². The van der Waals surface area contributed by atoms with E-state index >= 15 is 0 Å². The first-order valence-corrected chi connectivity index (χ1v) is 6.36. The number of carboxylic acid groups (broad SMARTS) is 1. The van der Waals surface area contributed by atoms with Crippen molar-refractivity contribution >= 4 is 23.4 Å². The van der Waals surface area contributed by atoms with Gasteiger partial charge in [-0.15, -0.1) is 0 Å². The smallest absolute Gasteiger partial charge is 0.337 e. The van der Waals surface area contributed by atoms with Crippen molar-refractivity contribution in [3.8, 4) is 0 Å². The lowest BCUT2D eigenvalue weighted by Crippen LogP contribution is -2.03. The fourth-order valence-corrected chi connectivity index (χ4v) is 2.42. The highest BCUT2D eigenvalue weighted by Gasteiger charge is 2.14. The maximum atomic E-state index is 13.8. The van der Waals surface area contributed by atoms with E-state index < -0.39 is 11.8 Å². The average molecular weight is 277 g/mol. The Labute approximate surface area is 114 Å². The van der Waals surface area contributed by atoms with Crippen LogP contribution in [0, 0.1) is 12.7 Å². The number of halogens is 1. The van der Waals surface area contributed by atoms with Gasteiger partial charge in [0.1, 0.15) is 5.82 Å². The second-order valence-corrected chi connectivity index (χ2v) is 5.21. The third-order valence-corrected chi connectivity index (χ3v) is 3.62. The molecule has 0 saturated heterocycles. The van der Waals surface area contributed by atoms with Gasteiger partial charge in [-0.3, -0.25) is 0 Å². The van der Waals surface area contributed by atoms with Crippen molar-refractivity contribution in [2.24, 2.45) is 0 Å². The van der Waals surface area contributed by atoms with Crippen LogP contribution in [-0.4, -0.2) is 11.1 Å². The molecule has 5 heteroatoms. The lowest BCUT2D eigenvalue weighted by molar-refractivity contribution is 0.0697. The van der Waals surface area contributed by atoms with Crippen molar-refractivity contribution in [1.82, 2.24) is 0 Å². The van der Waals surface area contributed by atoms with Crippen molar-refractivity contribution in [2.45, 2.75) is 16.7 Å². The SMILES string of the molecule is Cc1ccc(Sc2cc(C(=O)O)c(N)cc2F)cc1. The molecule has 3 N–H and O–H groups in total. The maximum Gasteiger partial charge on any atom is 0.337 e. The summed E-state index contributed by atoms with van der Waals surface area (Å²) < 4.78 is 13.8. The van der Waals surface area contributed by atoms with Gasteiger partial charge < -0.3 is 10.8 Å². The molecular formula is C14H12FNO2S. The molecule has 19 heavy (non-hydrogen) atoms. The van der Waals surface area contributed by atoms with Crippen LogP contribution < -0.4 is 5.73 Å². The van der Waals surface area contributed by atoms with E-state index in [4.69, 9.17) is 10.8 Å². The van der Waals surface area contributed by atoms with Crippen LogP contribution >= 0.6 is 11.8 Å². The molecule has 3 nitrogen and oxygen atoms in total. The summed E-state index contributed by atoms with van der Waals surface area (Å²) in [6.07, 6.45) is 0. The largest absolute Gasteiger partial charge is 0.478 e. The zero-order valence-corrected chi connectivity index (χ0v) is 11.0. The third-order valence-electron chi connectivity index (χ3n) is 2.58. The molecule has 0 atom stereocenters. The number of carboxylic acids is 1. The molecule has 0 aliphatic rings. The van der Waals surface area contributed by atoms with E-state index in [9.17, 15) is 9.18 Å². The lowest BCUT2D eigenvalue weighted by atomic mass is 10.2. The van der Waals surface area contributed by atoms with Gasteiger partial charge in [0, 0.05) is 15.5 Å². The first-order chi connectivity index (χ1) is 8.97. The summed E-state index contributed by atoms with van der Waals surface area (Å²) >= 11 is 1.17. The summed E-state index contributed by atoms with van der Waals surface area (Å²) in [4.78, 5) is 12.1. The molecule has 0 spiro atoms. The Bertz CT molecular complexity index is 626. The van der Waals surface area contributed by atoms with Crippen LogP contribution in [0.2, 0.25) is 0 Å². The minimum Gasteiger partial charge on any atom is -0.478 e. The highest BCUT2D eigenvalue weighted by atomic mass is 32.2. The van der Waals surface area contributed by atoms with E-state index in [1.165, 1.54) is 17.8 Å². The van der Waals surface area contributed by atoms with E-state index in [0.29, 0.717) is 0 Å². The van der Waals surface area contributed by atoms with Gasteiger partial charge >= 0.3 is 5.97 Å². The van der Waals surface area contributed by atoms with Crippen LogP contribution in [0.3, 0.4) is 0 Å². The van der Waals surface area contributed by atoms with Crippen LogP contribution in [-0.2, 0) is 0 Å². The van der Waals surface area contributed by atoms with Crippen molar-refractivity contribution < 1.29 is 14.3 Å². The predicted molar refractivity (Wildman–Crippen MR) is 73.1 cm³/mol. The van der Waals surface area contributed by atoms with Gasteiger partial charge in [-0.1, -0.05) is 29.5 Å². The number of nitrogens with two attached hydrogens (primary N) is 1. The molecule has 2 aromatic rings. The summed E-state index contributed by atoms with van der Waals surface area (Å²) in [6, 6.07) is 9.84. The molecule has 0 aliphatic carbocycles. The minimum absolute atomic E-state index is 0.0711. The normalized spacial score (nSPS) is 10.4. The highest BCUT2D eigenvalue weighted by Crippen LogP contribution is 2.32. The Kier molecular flexibility index (Phi) is 3.76. The van der Waals surface area contributed by atoms with E-state index in [-0.39, 0.29) is 16.1 Å². The molecule has 0 aliphatic heterocycles. The second-order valence-electron chi connectivity index (χ2n) is 4.09. The molecule has 0 amide bonds. The quantitative estimate of drug-likeness (QED) is 0.842. The summed E-state index contributed by atoms with van der Waals surface area (Å²) in [7, 11) is 0. The van der Waals surface area contributed by atoms with Gasteiger partial charge in [0.05, 0.1) is 5.56 Å². The van der Waals surface area contributed by atoms with Crippen LogP contribution in [0.4, 0.5) is 10.1 Å². The molecule has 0 fully saturated rings. The van der Waals surface area contributed by atoms with Crippen molar-refractivity contribution in [3.63, 3.8) is 0 Å². The molecule has 0 heterocycles. The summed E-state index contributed by atoms with van der Waals surface area (Å²) in [5.74, 6) is -1.68. The number of hydrogen-bond acceptors (Lipinski definition) is 3. The molecule has 0 unspecified atom stereocenters. The average Bonchev–Trinajstić information content (AvgIpc) is 2.34. The zero-order valence-electron chi connectivity index (χ0n) is 10.2. The number of nitrogen functional groups attached to an aromatic ring is 1. The lowest BCUT2D eigenvalue weighted by Gasteiger charge is -2.07. The van der Waals surface area contributed by atoms with Gasteiger partial charge in [-0.25, -0.2) is 9.18 Å².